The van der Waals surface area contributed by atoms with Crippen LogP contribution in [0.2, 0.25) is 0 Å². The van der Waals surface area contributed by atoms with Crippen molar-refractivity contribution in [2.75, 3.05) is 4.72 Å². The highest BCUT2D eigenvalue weighted by atomic mass is 32.2. The van der Waals surface area contributed by atoms with Gasteiger partial charge in [-0.15, -0.1) is 21.5 Å². The van der Waals surface area contributed by atoms with Gasteiger partial charge >= 0.3 is 0 Å². The zero-order valence-electron chi connectivity index (χ0n) is 13.9. The number of sulfonamides is 1. The van der Waals surface area contributed by atoms with E-state index in [1.807, 2.05) is 12.1 Å². The summed E-state index contributed by atoms with van der Waals surface area (Å²) in [5.41, 5.74) is 1.46. The van der Waals surface area contributed by atoms with Crippen molar-refractivity contribution in [3.63, 3.8) is 0 Å². The fourth-order valence-electron chi connectivity index (χ4n) is 3.17. The standard InChI is InChI=1S/C17H17N5O2S2/c23-26(24,15-10-18-17(25-15)12-3-4-12)21-13-7-5-11(6-8-13)16-20-19-14-2-1-9-22(14)16/h5-8,10,12,21H,1-4,9H2. The number of rotatable bonds is 5. The van der Waals surface area contributed by atoms with E-state index in [2.05, 4.69) is 24.5 Å². The lowest BCUT2D eigenvalue weighted by Gasteiger charge is -2.07. The van der Waals surface area contributed by atoms with Crippen LogP contribution < -0.4 is 4.72 Å². The maximum Gasteiger partial charge on any atom is 0.273 e. The molecule has 0 amide bonds. The highest BCUT2D eigenvalue weighted by molar-refractivity contribution is 7.94. The van der Waals surface area contributed by atoms with Gasteiger partial charge in [0, 0.05) is 30.1 Å². The molecular formula is C17H17N5O2S2. The minimum absolute atomic E-state index is 0.263. The van der Waals surface area contributed by atoms with Gasteiger partial charge in [-0.1, -0.05) is 0 Å². The largest absolute Gasteiger partial charge is 0.311 e. The molecule has 0 unspecified atom stereocenters. The van der Waals surface area contributed by atoms with Crippen molar-refractivity contribution >= 4 is 27.0 Å². The number of nitrogens with zero attached hydrogens (tertiary/aromatic N) is 4. The average molecular weight is 387 g/mol. The third-order valence-corrected chi connectivity index (χ3v) is 7.70. The van der Waals surface area contributed by atoms with Crippen LogP contribution in [-0.4, -0.2) is 28.2 Å². The van der Waals surface area contributed by atoms with Crippen LogP contribution in [0, 0.1) is 0 Å². The fourth-order valence-corrected chi connectivity index (χ4v) is 5.55. The number of aromatic nitrogens is 4. The number of aryl methyl sites for hydroxylation is 1. The van der Waals surface area contributed by atoms with Crippen LogP contribution in [0.15, 0.2) is 34.7 Å². The Hall–Kier alpha value is -2.26. The Kier molecular flexibility index (Phi) is 3.61. The molecule has 0 spiro atoms. The number of nitrogens with one attached hydrogen (secondary N) is 1. The van der Waals surface area contributed by atoms with Crippen LogP contribution in [-0.2, 0) is 23.0 Å². The van der Waals surface area contributed by atoms with Gasteiger partial charge in [-0.05, 0) is 43.5 Å². The second kappa shape index (κ2) is 5.88. The molecule has 0 atom stereocenters. The molecule has 2 aromatic heterocycles. The first-order valence-corrected chi connectivity index (χ1v) is 10.9. The lowest BCUT2D eigenvalue weighted by Crippen LogP contribution is -2.11. The zero-order chi connectivity index (χ0) is 17.7. The minimum atomic E-state index is -3.60. The lowest BCUT2D eigenvalue weighted by atomic mass is 10.2. The molecule has 0 bridgehead atoms. The van der Waals surface area contributed by atoms with E-state index >= 15 is 0 Å². The third kappa shape index (κ3) is 2.80. The first-order chi connectivity index (χ1) is 12.6. The van der Waals surface area contributed by atoms with Crippen molar-refractivity contribution in [3.05, 3.63) is 41.3 Å². The Morgan fingerprint density at radius 3 is 2.73 bits per heavy atom. The van der Waals surface area contributed by atoms with Crippen molar-refractivity contribution in [1.29, 1.82) is 0 Å². The SMILES string of the molecule is O=S(=O)(Nc1ccc(-c2nnc3n2CCC3)cc1)c1cnc(C2CC2)s1. The molecule has 0 radical (unpaired) electrons. The molecule has 9 heteroatoms. The van der Waals surface area contributed by atoms with Crippen LogP contribution in [0.3, 0.4) is 0 Å². The molecule has 1 saturated carbocycles. The molecule has 1 fully saturated rings. The third-order valence-electron chi connectivity index (χ3n) is 4.70. The topological polar surface area (TPSA) is 89.8 Å². The van der Waals surface area contributed by atoms with Crippen LogP contribution in [0.5, 0.6) is 0 Å². The minimum Gasteiger partial charge on any atom is -0.311 e. The predicted octanol–water partition coefficient (Wildman–Crippen LogP) is 3.03. The molecule has 2 aliphatic rings. The van der Waals surface area contributed by atoms with Gasteiger partial charge in [-0.3, -0.25) is 4.72 Å². The van der Waals surface area contributed by atoms with Gasteiger partial charge < -0.3 is 4.57 Å². The summed E-state index contributed by atoms with van der Waals surface area (Å²) in [7, 11) is -3.60. The molecule has 3 aromatic rings. The Balaban J connectivity index is 1.36. The summed E-state index contributed by atoms with van der Waals surface area (Å²) in [6, 6.07) is 7.25. The number of hydrogen-bond donors (Lipinski definition) is 1. The van der Waals surface area contributed by atoms with E-state index in [-0.39, 0.29) is 4.21 Å². The smallest absolute Gasteiger partial charge is 0.273 e. The molecule has 1 aromatic carbocycles. The summed E-state index contributed by atoms with van der Waals surface area (Å²) in [5.74, 6) is 2.30. The molecule has 5 rings (SSSR count). The van der Waals surface area contributed by atoms with Crippen LogP contribution >= 0.6 is 11.3 Å². The lowest BCUT2D eigenvalue weighted by molar-refractivity contribution is 0.603. The Morgan fingerprint density at radius 2 is 1.96 bits per heavy atom. The van der Waals surface area contributed by atoms with E-state index in [1.54, 1.807) is 12.1 Å². The summed E-state index contributed by atoms with van der Waals surface area (Å²) >= 11 is 1.26. The van der Waals surface area contributed by atoms with Crippen LogP contribution in [0.4, 0.5) is 5.69 Å². The summed E-state index contributed by atoms with van der Waals surface area (Å²) in [5, 5.41) is 9.38. The molecule has 0 saturated heterocycles. The number of thiazole rings is 1. The highest BCUT2D eigenvalue weighted by Gasteiger charge is 2.29. The quantitative estimate of drug-likeness (QED) is 0.727. The first-order valence-electron chi connectivity index (χ1n) is 8.61. The molecule has 1 aliphatic heterocycles. The highest BCUT2D eigenvalue weighted by Crippen LogP contribution is 2.42. The van der Waals surface area contributed by atoms with E-state index in [9.17, 15) is 8.42 Å². The van der Waals surface area contributed by atoms with E-state index in [0.717, 1.165) is 54.4 Å². The Labute approximate surface area is 155 Å². The second-order valence-electron chi connectivity index (χ2n) is 6.67. The van der Waals surface area contributed by atoms with Crippen LogP contribution in [0.25, 0.3) is 11.4 Å². The summed E-state index contributed by atoms with van der Waals surface area (Å²) < 4.78 is 30.1. The molecule has 134 valence electrons. The van der Waals surface area contributed by atoms with E-state index in [0.29, 0.717) is 11.6 Å². The van der Waals surface area contributed by atoms with Gasteiger partial charge in [0.1, 0.15) is 5.82 Å². The predicted molar refractivity (Wildman–Crippen MR) is 98.7 cm³/mol. The van der Waals surface area contributed by atoms with Crippen molar-refractivity contribution in [3.8, 4) is 11.4 Å². The van der Waals surface area contributed by atoms with Gasteiger partial charge in [0.2, 0.25) is 0 Å². The maximum atomic E-state index is 12.6. The van der Waals surface area contributed by atoms with E-state index in [4.69, 9.17) is 0 Å². The van der Waals surface area contributed by atoms with Crippen molar-refractivity contribution in [2.45, 2.75) is 42.4 Å². The van der Waals surface area contributed by atoms with Crippen molar-refractivity contribution < 1.29 is 8.42 Å². The van der Waals surface area contributed by atoms with Gasteiger partial charge in [-0.2, -0.15) is 0 Å². The second-order valence-corrected chi connectivity index (χ2v) is 9.64. The normalized spacial score (nSPS) is 16.6. The summed E-state index contributed by atoms with van der Waals surface area (Å²) in [6.45, 7) is 0.931. The number of hydrogen-bond acceptors (Lipinski definition) is 6. The van der Waals surface area contributed by atoms with E-state index in [1.165, 1.54) is 17.5 Å². The monoisotopic (exact) mass is 387 g/mol. The Morgan fingerprint density at radius 1 is 1.15 bits per heavy atom. The van der Waals surface area contributed by atoms with Crippen molar-refractivity contribution in [1.82, 2.24) is 19.7 Å². The van der Waals surface area contributed by atoms with E-state index < -0.39 is 10.0 Å². The molecule has 26 heavy (non-hydrogen) atoms. The zero-order valence-corrected chi connectivity index (χ0v) is 15.6. The summed E-state index contributed by atoms with van der Waals surface area (Å²) in [4.78, 5) is 4.25. The number of benzene rings is 1. The molecular weight excluding hydrogens is 370 g/mol. The van der Waals surface area contributed by atoms with Crippen molar-refractivity contribution in [2.24, 2.45) is 0 Å². The van der Waals surface area contributed by atoms with Gasteiger partial charge in [0.15, 0.2) is 10.0 Å². The Bertz CT molecular complexity index is 1070. The molecule has 1 aliphatic carbocycles. The fraction of sp³-hybridized carbons (Fsp3) is 0.353. The molecule has 1 N–H and O–H groups in total. The number of fused-ring (bicyclic) bond motifs is 1. The number of anilines is 1. The van der Waals surface area contributed by atoms with Gasteiger partial charge in [0.25, 0.3) is 10.0 Å². The maximum absolute atomic E-state index is 12.6. The van der Waals surface area contributed by atoms with Gasteiger partial charge in [-0.25, -0.2) is 13.4 Å². The first kappa shape index (κ1) is 16.0. The van der Waals surface area contributed by atoms with Gasteiger partial charge in [0.05, 0.1) is 11.2 Å². The molecule has 7 nitrogen and oxygen atoms in total. The molecule has 3 heterocycles. The van der Waals surface area contributed by atoms with Crippen LogP contribution in [0.1, 0.15) is 36.0 Å². The summed E-state index contributed by atoms with van der Waals surface area (Å²) in [6.07, 6.45) is 5.72. The average Bonchev–Trinajstić information content (AvgIpc) is 3.03.